The van der Waals surface area contributed by atoms with Crippen molar-refractivity contribution in [2.24, 2.45) is 11.3 Å². The summed E-state index contributed by atoms with van der Waals surface area (Å²) in [5.41, 5.74) is 4.78. The Morgan fingerprint density at radius 1 is 1.41 bits per heavy atom. The van der Waals surface area contributed by atoms with Crippen molar-refractivity contribution in [2.75, 3.05) is 0 Å². The first kappa shape index (κ1) is 18.2. The highest BCUT2D eigenvalue weighted by molar-refractivity contribution is 5.61. The van der Waals surface area contributed by atoms with E-state index >= 15 is 0 Å². The second kappa shape index (κ2) is 7.08. The van der Waals surface area contributed by atoms with Crippen LogP contribution in [0.2, 0.25) is 0 Å². The Kier molecular flexibility index (Phi) is 4.77. The molecule has 0 unspecified atom stereocenters. The highest BCUT2D eigenvalue weighted by atomic mass is 19.1. The molecular weight excluding hydrogens is 339 g/mol. The SMILES string of the molecule is C=CCC[C@@H](O)C[C@H]1CCC2=Cc3c(cnn3-c3ccc(F)cc3)C[C@@]21C. The molecule has 2 aromatic rings. The van der Waals surface area contributed by atoms with Gasteiger partial charge in [-0.1, -0.05) is 18.6 Å². The van der Waals surface area contributed by atoms with Crippen molar-refractivity contribution in [3.63, 3.8) is 0 Å². The van der Waals surface area contributed by atoms with Crippen LogP contribution in [-0.2, 0) is 6.42 Å². The Morgan fingerprint density at radius 2 is 2.19 bits per heavy atom. The number of allylic oxidation sites excluding steroid dienone is 2. The molecule has 0 aliphatic heterocycles. The van der Waals surface area contributed by atoms with Gasteiger partial charge in [-0.2, -0.15) is 5.10 Å². The van der Waals surface area contributed by atoms with E-state index in [2.05, 4.69) is 24.7 Å². The van der Waals surface area contributed by atoms with Gasteiger partial charge < -0.3 is 5.11 Å². The van der Waals surface area contributed by atoms with Crippen molar-refractivity contribution in [2.45, 2.75) is 51.6 Å². The molecule has 3 atom stereocenters. The molecule has 0 spiro atoms. The predicted molar refractivity (Wildman–Crippen MR) is 106 cm³/mol. The minimum Gasteiger partial charge on any atom is -0.393 e. The minimum atomic E-state index is -0.257. The monoisotopic (exact) mass is 366 g/mol. The van der Waals surface area contributed by atoms with E-state index in [1.54, 1.807) is 12.1 Å². The van der Waals surface area contributed by atoms with Gasteiger partial charge in [-0.3, -0.25) is 0 Å². The molecule has 1 aromatic carbocycles. The number of hydrogen-bond donors (Lipinski definition) is 1. The quantitative estimate of drug-likeness (QED) is 0.724. The lowest BCUT2D eigenvalue weighted by molar-refractivity contribution is 0.106. The molecule has 2 aliphatic carbocycles. The predicted octanol–water partition coefficient (Wildman–Crippen LogP) is 5.08. The molecule has 1 fully saturated rings. The van der Waals surface area contributed by atoms with Crippen molar-refractivity contribution >= 4 is 6.08 Å². The third-order valence-corrected chi connectivity index (χ3v) is 6.48. The van der Waals surface area contributed by atoms with Crippen LogP contribution in [0.15, 0.2) is 48.7 Å². The number of fused-ring (bicyclic) bond motifs is 2. The van der Waals surface area contributed by atoms with Crippen LogP contribution >= 0.6 is 0 Å². The highest BCUT2D eigenvalue weighted by Gasteiger charge is 2.45. The summed E-state index contributed by atoms with van der Waals surface area (Å²) in [5.74, 6) is 0.255. The summed E-state index contributed by atoms with van der Waals surface area (Å²) in [5, 5.41) is 15.0. The van der Waals surface area contributed by atoms with E-state index in [-0.39, 0.29) is 17.3 Å². The molecule has 4 heteroatoms. The molecule has 1 N–H and O–H groups in total. The molecule has 142 valence electrons. The van der Waals surface area contributed by atoms with Crippen LogP contribution in [-0.4, -0.2) is 21.0 Å². The second-order valence-electron chi connectivity index (χ2n) is 8.20. The topological polar surface area (TPSA) is 38.1 Å². The van der Waals surface area contributed by atoms with Gasteiger partial charge in [0.25, 0.3) is 0 Å². The van der Waals surface area contributed by atoms with Crippen LogP contribution < -0.4 is 0 Å². The van der Waals surface area contributed by atoms with Gasteiger partial charge in [0.15, 0.2) is 0 Å². The maximum absolute atomic E-state index is 13.3. The van der Waals surface area contributed by atoms with E-state index in [1.165, 1.54) is 23.3 Å². The van der Waals surface area contributed by atoms with Gasteiger partial charge in [-0.25, -0.2) is 9.07 Å². The lowest BCUT2D eigenvalue weighted by Gasteiger charge is -2.37. The average Bonchev–Trinajstić information content (AvgIpc) is 3.19. The lowest BCUT2D eigenvalue weighted by atomic mass is 9.68. The van der Waals surface area contributed by atoms with Crippen LogP contribution in [0.5, 0.6) is 0 Å². The van der Waals surface area contributed by atoms with Crippen LogP contribution in [0.4, 0.5) is 4.39 Å². The van der Waals surface area contributed by atoms with Crippen molar-refractivity contribution in [1.29, 1.82) is 0 Å². The standard InChI is InChI=1S/C23H27FN2O/c1-3-4-5-21(27)12-17-6-7-18-13-22-16(14-23(17,18)2)15-25-26(22)20-10-8-19(24)9-11-20/h3,8-11,13,15,17,21,27H,1,4-7,12,14H2,2H3/t17-,21-,23-/m1/s1. The Bertz CT molecular complexity index is 867. The Labute approximate surface area is 160 Å². The zero-order chi connectivity index (χ0) is 19.0. The van der Waals surface area contributed by atoms with Crippen LogP contribution in [0, 0.1) is 17.2 Å². The van der Waals surface area contributed by atoms with E-state index < -0.39 is 0 Å². The lowest BCUT2D eigenvalue weighted by Crippen LogP contribution is -2.31. The normalized spacial score (nSPS) is 24.9. The zero-order valence-electron chi connectivity index (χ0n) is 15.9. The van der Waals surface area contributed by atoms with E-state index in [0.29, 0.717) is 5.92 Å². The summed E-state index contributed by atoms with van der Waals surface area (Å²) in [6.07, 6.45) is 11.5. The van der Waals surface area contributed by atoms with Crippen LogP contribution in [0.1, 0.15) is 50.3 Å². The molecule has 2 aliphatic rings. The largest absolute Gasteiger partial charge is 0.393 e. The third-order valence-electron chi connectivity index (χ3n) is 6.48. The number of halogens is 1. The molecule has 0 radical (unpaired) electrons. The summed E-state index contributed by atoms with van der Waals surface area (Å²) in [4.78, 5) is 0. The molecule has 0 bridgehead atoms. The summed E-state index contributed by atoms with van der Waals surface area (Å²) >= 11 is 0. The summed E-state index contributed by atoms with van der Waals surface area (Å²) < 4.78 is 15.2. The van der Waals surface area contributed by atoms with Gasteiger partial charge in [0.05, 0.1) is 23.7 Å². The average molecular weight is 366 g/mol. The number of aliphatic hydroxyl groups excluding tert-OH is 1. The Balaban J connectivity index is 1.59. The van der Waals surface area contributed by atoms with Crippen molar-refractivity contribution in [1.82, 2.24) is 9.78 Å². The van der Waals surface area contributed by atoms with Gasteiger partial charge in [0.2, 0.25) is 0 Å². The highest BCUT2D eigenvalue weighted by Crippen LogP contribution is 2.54. The van der Waals surface area contributed by atoms with Crippen LogP contribution in [0.3, 0.4) is 0 Å². The number of aliphatic hydroxyl groups is 1. The fourth-order valence-electron chi connectivity index (χ4n) is 4.86. The van der Waals surface area contributed by atoms with Gasteiger partial charge in [0, 0.05) is 0 Å². The van der Waals surface area contributed by atoms with E-state index in [4.69, 9.17) is 0 Å². The molecule has 4 rings (SSSR count). The van der Waals surface area contributed by atoms with Gasteiger partial charge in [-0.05, 0) is 85.8 Å². The number of aromatic nitrogens is 2. The molecular formula is C23H27FN2O. The molecule has 0 amide bonds. The van der Waals surface area contributed by atoms with Gasteiger partial charge in [0.1, 0.15) is 5.82 Å². The van der Waals surface area contributed by atoms with Gasteiger partial charge >= 0.3 is 0 Å². The first-order valence-electron chi connectivity index (χ1n) is 9.84. The number of rotatable bonds is 6. The molecule has 1 heterocycles. The number of benzene rings is 1. The number of hydrogen-bond acceptors (Lipinski definition) is 2. The summed E-state index contributed by atoms with van der Waals surface area (Å²) in [6, 6.07) is 6.48. The first-order chi connectivity index (χ1) is 13.0. The smallest absolute Gasteiger partial charge is 0.123 e. The molecule has 1 saturated carbocycles. The first-order valence-corrected chi connectivity index (χ1v) is 9.84. The van der Waals surface area contributed by atoms with Crippen molar-refractivity contribution < 1.29 is 9.50 Å². The molecule has 0 saturated heterocycles. The van der Waals surface area contributed by atoms with Crippen LogP contribution in [0.25, 0.3) is 11.8 Å². The maximum Gasteiger partial charge on any atom is 0.123 e. The fraction of sp³-hybridized carbons (Fsp3) is 0.435. The number of nitrogens with zero attached hydrogens (tertiary/aromatic N) is 2. The van der Waals surface area contributed by atoms with E-state index in [0.717, 1.165) is 49.9 Å². The zero-order valence-corrected chi connectivity index (χ0v) is 15.9. The van der Waals surface area contributed by atoms with Crippen molar-refractivity contribution in [3.8, 4) is 5.69 Å². The van der Waals surface area contributed by atoms with Gasteiger partial charge in [-0.15, -0.1) is 6.58 Å². The summed E-state index contributed by atoms with van der Waals surface area (Å²) in [6.45, 7) is 6.09. The van der Waals surface area contributed by atoms with Crippen molar-refractivity contribution in [3.05, 3.63) is 65.8 Å². The minimum absolute atomic E-state index is 0.0960. The molecule has 27 heavy (non-hydrogen) atoms. The Morgan fingerprint density at radius 3 is 2.93 bits per heavy atom. The fourth-order valence-corrected chi connectivity index (χ4v) is 4.86. The summed E-state index contributed by atoms with van der Waals surface area (Å²) in [7, 11) is 0. The second-order valence-corrected chi connectivity index (χ2v) is 8.20. The third kappa shape index (κ3) is 3.27. The van der Waals surface area contributed by atoms with E-state index in [9.17, 15) is 9.50 Å². The maximum atomic E-state index is 13.3. The Hall–Kier alpha value is -2.20. The molecule has 1 aromatic heterocycles. The van der Waals surface area contributed by atoms with E-state index in [1.807, 2.05) is 17.0 Å². The molecule has 3 nitrogen and oxygen atoms in total.